The number of furan rings is 1. The molecule has 1 aromatic heterocycles. The number of aromatic hydroxyl groups is 2. The van der Waals surface area contributed by atoms with Crippen LogP contribution in [0.3, 0.4) is 0 Å². The molecule has 0 aliphatic carbocycles. The molecule has 0 saturated heterocycles. The van der Waals surface area contributed by atoms with E-state index in [4.69, 9.17) is 9.15 Å². The Bertz CT molecular complexity index is 1090. The maximum atomic E-state index is 10.2. The minimum absolute atomic E-state index is 0.0826. The molecule has 3 rings (SSSR count). The second-order valence-corrected chi connectivity index (χ2v) is 7.66. The van der Waals surface area contributed by atoms with Gasteiger partial charge in [0.05, 0.1) is 13.2 Å². The SMILES string of the molecule is C=C(C)[C@@H](O)CCC(C)=CCc1c(OC)cc(O)cc1-c1cc2ccc(O)cc2o1. The number of methoxy groups -OCH3 is 1. The summed E-state index contributed by atoms with van der Waals surface area (Å²) in [5.41, 5.74) is 4.10. The van der Waals surface area contributed by atoms with Crippen molar-refractivity contribution in [2.75, 3.05) is 7.11 Å². The van der Waals surface area contributed by atoms with E-state index in [2.05, 4.69) is 12.7 Å². The summed E-state index contributed by atoms with van der Waals surface area (Å²) in [4.78, 5) is 0. The van der Waals surface area contributed by atoms with Crippen molar-refractivity contribution in [3.05, 3.63) is 65.8 Å². The number of benzene rings is 2. The maximum absolute atomic E-state index is 10.2. The summed E-state index contributed by atoms with van der Waals surface area (Å²) in [6.07, 6.45) is 3.56. The Labute approximate surface area is 176 Å². The van der Waals surface area contributed by atoms with Crippen LogP contribution in [0.2, 0.25) is 0 Å². The van der Waals surface area contributed by atoms with Gasteiger partial charge in [-0.15, -0.1) is 0 Å². The monoisotopic (exact) mass is 408 g/mol. The Morgan fingerprint density at radius 2 is 1.90 bits per heavy atom. The Morgan fingerprint density at radius 3 is 2.60 bits per heavy atom. The van der Waals surface area contributed by atoms with Crippen LogP contribution >= 0.6 is 0 Å². The molecule has 1 heterocycles. The molecule has 0 bridgehead atoms. The molecule has 5 heteroatoms. The first-order valence-corrected chi connectivity index (χ1v) is 9.90. The molecular weight excluding hydrogens is 380 g/mol. The number of hydrogen-bond donors (Lipinski definition) is 3. The number of phenols is 2. The molecule has 30 heavy (non-hydrogen) atoms. The number of allylic oxidation sites excluding steroid dienone is 2. The van der Waals surface area contributed by atoms with Gasteiger partial charge in [0.15, 0.2) is 0 Å². The highest BCUT2D eigenvalue weighted by atomic mass is 16.5. The normalized spacial score (nSPS) is 12.9. The van der Waals surface area contributed by atoms with Crippen molar-refractivity contribution in [3.63, 3.8) is 0 Å². The van der Waals surface area contributed by atoms with E-state index in [9.17, 15) is 15.3 Å². The quantitative estimate of drug-likeness (QED) is 0.415. The van der Waals surface area contributed by atoms with Crippen molar-refractivity contribution >= 4 is 11.0 Å². The number of rotatable bonds is 8. The molecule has 3 aromatic rings. The summed E-state index contributed by atoms with van der Waals surface area (Å²) in [6, 6.07) is 10.1. The van der Waals surface area contributed by atoms with Crippen LogP contribution in [-0.4, -0.2) is 28.5 Å². The Kier molecular flexibility index (Phi) is 6.53. The van der Waals surface area contributed by atoms with Gasteiger partial charge in [0.1, 0.15) is 28.6 Å². The topological polar surface area (TPSA) is 83.1 Å². The van der Waals surface area contributed by atoms with Gasteiger partial charge in [-0.2, -0.15) is 0 Å². The summed E-state index contributed by atoms with van der Waals surface area (Å²) in [7, 11) is 1.57. The summed E-state index contributed by atoms with van der Waals surface area (Å²) < 4.78 is 11.5. The van der Waals surface area contributed by atoms with Crippen LogP contribution in [0.25, 0.3) is 22.3 Å². The van der Waals surface area contributed by atoms with Crippen LogP contribution < -0.4 is 4.74 Å². The van der Waals surface area contributed by atoms with E-state index in [1.807, 2.05) is 19.9 Å². The molecule has 3 N–H and O–H groups in total. The van der Waals surface area contributed by atoms with Crippen LogP contribution in [0.15, 0.2) is 64.6 Å². The molecule has 0 fully saturated rings. The van der Waals surface area contributed by atoms with Crippen molar-refractivity contribution in [2.24, 2.45) is 0 Å². The van der Waals surface area contributed by atoms with Gasteiger partial charge >= 0.3 is 0 Å². The molecule has 0 radical (unpaired) electrons. The van der Waals surface area contributed by atoms with Crippen molar-refractivity contribution in [3.8, 4) is 28.6 Å². The lowest BCUT2D eigenvalue weighted by atomic mass is 9.97. The van der Waals surface area contributed by atoms with Gasteiger partial charge in [0.2, 0.25) is 0 Å². The van der Waals surface area contributed by atoms with Crippen LogP contribution in [0.4, 0.5) is 0 Å². The van der Waals surface area contributed by atoms with E-state index in [0.717, 1.165) is 34.1 Å². The zero-order chi connectivity index (χ0) is 21.8. The second kappa shape index (κ2) is 9.09. The average Bonchev–Trinajstić information content (AvgIpc) is 3.13. The number of aliphatic hydroxyl groups excluding tert-OH is 1. The minimum Gasteiger partial charge on any atom is -0.508 e. The van der Waals surface area contributed by atoms with Crippen molar-refractivity contribution in [2.45, 2.75) is 39.2 Å². The molecule has 1 atom stereocenters. The second-order valence-electron chi connectivity index (χ2n) is 7.66. The fourth-order valence-electron chi connectivity index (χ4n) is 3.39. The number of phenolic OH excluding ortho intramolecular Hbond substituents is 2. The van der Waals surface area contributed by atoms with E-state index in [1.54, 1.807) is 37.4 Å². The highest BCUT2D eigenvalue weighted by Crippen LogP contribution is 2.38. The molecule has 0 aliphatic rings. The Hall–Kier alpha value is -3.18. The van der Waals surface area contributed by atoms with E-state index < -0.39 is 6.10 Å². The molecule has 0 spiro atoms. The lowest BCUT2D eigenvalue weighted by Gasteiger charge is -2.13. The van der Waals surface area contributed by atoms with E-state index in [0.29, 0.717) is 29.9 Å². The van der Waals surface area contributed by atoms with Gasteiger partial charge in [0, 0.05) is 28.6 Å². The molecule has 0 amide bonds. The molecule has 0 unspecified atom stereocenters. The predicted octanol–water partition coefficient (Wildman–Crippen LogP) is 5.73. The highest BCUT2D eigenvalue weighted by Gasteiger charge is 2.17. The van der Waals surface area contributed by atoms with Crippen LogP contribution in [0.5, 0.6) is 17.2 Å². The van der Waals surface area contributed by atoms with Gasteiger partial charge < -0.3 is 24.5 Å². The maximum Gasteiger partial charge on any atom is 0.138 e. The minimum atomic E-state index is -0.501. The largest absolute Gasteiger partial charge is 0.508 e. The lowest BCUT2D eigenvalue weighted by molar-refractivity contribution is 0.201. The van der Waals surface area contributed by atoms with Crippen LogP contribution in [-0.2, 0) is 6.42 Å². The predicted molar refractivity (Wildman–Crippen MR) is 119 cm³/mol. The van der Waals surface area contributed by atoms with Crippen LogP contribution in [0.1, 0.15) is 32.3 Å². The van der Waals surface area contributed by atoms with E-state index in [1.165, 1.54) is 0 Å². The summed E-state index contributed by atoms with van der Waals surface area (Å²) in [6.45, 7) is 7.64. The zero-order valence-electron chi connectivity index (χ0n) is 17.6. The average molecular weight is 408 g/mol. The van der Waals surface area contributed by atoms with Crippen molar-refractivity contribution < 1.29 is 24.5 Å². The highest BCUT2D eigenvalue weighted by molar-refractivity contribution is 5.85. The van der Waals surface area contributed by atoms with Crippen molar-refractivity contribution in [1.29, 1.82) is 0 Å². The summed E-state index contributed by atoms with van der Waals surface area (Å²) in [5.74, 6) is 1.37. The lowest BCUT2D eigenvalue weighted by Crippen LogP contribution is -2.06. The number of aliphatic hydroxyl groups is 1. The fraction of sp³-hybridized carbons (Fsp3) is 0.280. The Morgan fingerprint density at radius 1 is 1.13 bits per heavy atom. The number of ether oxygens (including phenoxy) is 1. The van der Waals surface area contributed by atoms with E-state index in [-0.39, 0.29) is 11.5 Å². The molecule has 5 nitrogen and oxygen atoms in total. The number of fused-ring (bicyclic) bond motifs is 1. The fourth-order valence-corrected chi connectivity index (χ4v) is 3.39. The molecule has 158 valence electrons. The van der Waals surface area contributed by atoms with Crippen molar-refractivity contribution in [1.82, 2.24) is 0 Å². The zero-order valence-corrected chi connectivity index (χ0v) is 17.6. The van der Waals surface area contributed by atoms with Gasteiger partial charge in [0.25, 0.3) is 0 Å². The van der Waals surface area contributed by atoms with Gasteiger partial charge in [-0.3, -0.25) is 0 Å². The standard InChI is InChI=1S/C25H28O5/c1-15(2)22(28)10-6-16(3)5-9-20-21(12-19(27)14-24(20)29-4)25-11-17-7-8-18(26)13-23(17)30-25/h5,7-8,11-14,22,26-28H,1,6,9-10H2,2-4H3/t22-/m0/s1. The summed E-state index contributed by atoms with van der Waals surface area (Å²) in [5, 5.41) is 30.7. The van der Waals surface area contributed by atoms with Gasteiger partial charge in [-0.1, -0.05) is 23.8 Å². The van der Waals surface area contributed by atoms with Gasteiger partial charge in [-0.05, 0) is 57.4 Å². The number of hydrogen-bond acceptors (Lipinski definition) is 5. The first kappa shape index (κ1) is 21.5. The molecule has 2 aromatic carbocycles. The van der Waals surface area contributed by atoms with Gasteiger partial charge in [-0.25, -0.2) is 0 Å². The third-order valence-electron chi connectivity index (χ3n) is 5.22. The summed E-state index contributed by atoms with van der Waals surface area (Å²) >= 11 is 0. The Balaban J connectivity index is 1.95. The van der Waals surface area contributed by atoms with Crippen LogP contribution in [0, 0.1) is 0 Å². The first-order chi connectivity index (χ1) is 14.3. The smallest absolute Gasteiger partial charge is 0.138 e. The van der Waals surface area contributed by atoms with E-state index >= 15 is 0 Å². The molecule has 0 aliphatic heterocycles. The third-order valence-corrected chi connectivity index (χ3v) is 5.22. The molecular formula is C25H28O5. The first-order valence-electron chi connectivity index (χ1n) is 9.90. The third kappa shape index (κ3) is 4.86. The molecule has 0 saturated carbocycles.